The maximum Gasteiger partial charge on any atom is 0.181 e. The molecule has 2 unspecified atom stereocenters. The lowest BCUT2D eigenvalue weighted by molar-refractivity contribution is 0.379. The highest BCUT2D eigenvalue weighted by molar-refractivity contribution is 7.11. The summed E-state index contributed by atoms with van der Waals surface area (Å²) in [5, 5.41) is 15.1. The fourth-order valence-corrected chi connectivity index (χ4v) is 5.35. The first-order chi connectivity index (χ1) is 14.5. The number of rotatable bonds is 4. The Morgan fingerprint density at radius 2 is 2.20 bits per heavy atom. The number of imidazole rings is 1. The highest BCUT2D eigenvalue weighted by Crippen LogP contribution is 2.37. The predicted octanol–water partition coefficient (Wildman–Crippen LogP) is 4.03. The van der Waals surface area contributed by atoms with Crippen LogP contribution in [0.15, 0.2) is 11.3 Å². The zero-order valence-corrected chi connectivity index (χ0v) is 19.0. The first-order valence-electron chi connectivity index (χ1n) is 9.94. The summed E-state index contributed by atoms with van der Waals surface area (Å²) >= 11 is 14.7. The largest absolute Gasteiger partial charge is 0.326 e. The number of fused-ring (bicyclic) bond motifs is 1. The monoisotopic (exact) mass is 464 g/mol. The van der Waals surface area contributed by atoms with Crippen LogP contribution in [-0.2, 0) is 0 Å². The molecule has 158 valence electrons. The van der Waals surface area contributed by atoms with Crippen molar-refractivity contribution in [2.45, 2.75) is 31.6 Å². The SMILES string of the molecule is Cc1nsc(Nc2nc(C3CCCNC3)c(Cl)n3c(C4C=NN(C)C4)cnc23)c1Cl. The smallest absolute Gasteiger partial charge is 0.181 e. The zero-order valence-electron chi connectivity index (χ0n) is 16.7. The second-order valence-corrected chi connectivity index (χ2v) is 9.28. The van der Waals surface area contributed by atoms with Crippen LogP contribution in [-0.4, -0.2) is 56.6 Å². The molecular weight excluding hydrogens is 443 g/mol. The molecule has 1 fully saturated rings. The average molecular weight is 465 g/mol. The fraction of sp³-hybridized carbons (Fsp3) is 0.474. The van der Waals surface area contributed by atoms with Crippen molar-refractivity contribution in [3.8, 4) is 0 Å². The average Bonchev–Trinajstić information content (AvgIpc) is 3.46. The zero-order chi connectivity index (χ0) is 20.8. The Morgan fingerprint density at radius 3 is 2.87 bits per heavy atom. The number of nitrogens with zero attached hydrogens (tertiary/aromatic N) is 6. The van der Waals surface area contributed by atoms with Crippen LogP contribution in [0.4, 0.5) is 10.8 Å². The van der Waals surface area contributed by atoms with E-state index < -0.39 is 0 Å². The molecular formula is C19H22Cl2N8S. The molecule has 0 amide bonds. The molecule has 30 heavy (non-hydrogen) atoms. The molecule has 1 saturated heterocycles. The molecule has 8 nitrogen and oxygen atoms in total. The van der Waals surface area contributed by atoms with Crippen LogP contribution < -0.4 is 10.6 Å². The summed E-state index contributed by atoms with van der Waals surface area (Å²) in [6.07, 6.45) is 5.95. The molecule has 0 aliphatic carbocycles. The molecule has 3 aromatic rings. The predicted molar refractivity (Wildman–Crippen MR) is 122 cm³/mol. The van der Waals surface area contributed by atoms with E-state index in [9.17, 15) is 0 Å². The van der Waals surface area contributed by atoms with E-state index in [4.69, 9.17) is 28.2 Å². The topological polar surface area (TPSA) is 82.7 Å². The van der Waals surface area contributed by atoms with Gasteiger partial charge in [-0.15, -0.1) is 0 Å². The summed E-state index contributed by atoms with van der Waals surface area (Å²) in [5.41, 5.74) is 3.34. The quantitative estimate of drug-likeness (QED) is 0.606. The van der Waals surface area contributed by atoms with E-state index in [0.717, 1.165) is 54.6 Å². The lowest BCUT2D eigenvalue weighted by atomic mass is 9.96. The van der Waals surface area contributed by atoms with Crippen molar-refractivity contribution >= 4 is 57.4 Å². The maximum absolute atomic E-state index is 6.96. The highest BCUT2D eigenvalue weighted by Gasteiger charge is 2.28. The highest BCUT2D eigenvalue weighted by atomic mass is 35.5. The Labute approximate surface area is 188 Å². The van der Waals surface area contributed by atoms with Gasteiger partial charge in [0.15, 0.2) is 11.5 Å². The van der Waals surface area contributed by atoms with Crippen LogP contribution >= 0.6 is 34.7 Å². The van der Waals surface area contributed by atoms with Crippen molar-refractivity contribution in [1.29, 1.82) is 0 Å². The fourth-order valence-electron chi connectivity index (χ4n) is 4.05. The van der Waals surface area contributed by atoms with E-state index in [1.165, 1.54) is 11.5 Å². The number of nitrogens with one attached hydrogen (secondary N) is 2. The number of likely N-dealkylation sites (N-methyl/N-ethyl adjacent to an activating group) is 1. The molecule has 2 aliphatic heterocycles. The number of hydrogen-bond acceptors (Lipinski definition) is 8. The van der Waals surface area contributed by atoms with Gasteiger partial charge in [-0.05, 0) is 37.8 Å². The van der Waals surface area contributed by atoms with E-state index in [2.05, 4.69) is 25.1 Å². The van der Waals surface area contributed by atoms with Gasteiger partial charge in [0.05, 0.1) is 34.2 Å². The molecule has 5 rings (SSSR count). The third-order valence-corrected chi connectivity index (χ3v) is 7.42. The van der Waals surface area contributed by atoms with E-state index in [1.807, 2.05) is 35.8 Å². The summed E-state index contributed by atoms with van der Waals surface area (Å²) in [4.78, 5) is 9.60. The van der Waals surface area contributed by atoms with Crippen molar-refractivity contribution in [3.63, 3.8) is 0 Å². The molecule has 3 aromatic heterocycles. The van der Waals surface area contributed by atoms with Gasteiger partial charge in [-0.25, -0.2) is 9.97 Å². The number of hydrogen-bond donors (Lipinski definition) is 2. The Morgan fingerprint density at radius 1 is 1.33 bits per heavy atom. The van der Waals surface area contributed by atoms with Gasteiger partial charge in [-0.3, -0.25) is 9.41 Å². The number of aromatic nitrogens is 4. The molecule has 11 heteroatoms. The standard InChI is InChI=1S/C19H22Cl2N8S/c1-10-14(20)19(30-27-10)26-17-18-23-8-13(12-7-24-28(2)9-12)29(18)16(21)15(25-17)11-4-3-5-22-6-11/h7-8,11-12,22H,3-6,9H2,1-2H3,(H,25,26). The third-order valence-electron chi connectivity index (χ3n) is 5.63. The first kappa shape index (κ1) is 20.0. The second kappa shape index (κ2) is 7.96. The lowest BCUT2D eigenvalue weighted by Crippen LogP contribution is -2.29. The molecule has 0 bridgehead atoms. The Hall–Kier alpha value is -1.94. The number of anilines is 2. The van der Waals surface area contributed by atoms with Crippen molar-refractivity contribution in [1.82, 2.24) is 29.1 Å². The third kappa shape index (κ3) is 3.43. The second-order valence-electron chi connectivity index (χ2n) is 7.77. The van der Waals surface area contributed by atoms with Crippen LogP contribution in [0.1, 0.15) is 41.8 Å². The molecule has 0 radical (unpaired) electrons. The van der Waals surface area contributed by atoms with E-state index >= 15 is 0 Å². The first-order valence-corrected chi connectivity index (χ1v) is 11.5. The molecule has 0 saturated carbocycles. The van der Waals surface area contributed by atoms with Crippen molar-refractivity contribution in [3.05, 3.63) is 33.5 Å². The summed E-state index contributed by atoms with van der Waals surface area (Å²) in [6, 6.07) is 0. The van der Waals surface area contributed by atoms with Gasteiger partial charge in [0.25, 0.3) is 0 Å². The molecule has 0 aromatic carbocycles. The van der Waals surface area contributed by atoms with Crippen LogP contribution in [0.5, 0.6) is 0 Å². The van der Waals surface area contributed by atoms with Crippen LogP contribution in [0.3, 0.4) is 0 Å². The van der Waals surface area contributed by atoms with Crippen molar-refractivity contribution < 1.29 is 0 Å². The van der Waals surface area contributed by atoms with E-state index in [0.29, 0.717) is 21.6 Å². The Kier molecular flexibility index (Phi) is 5.30. The van der Waals surface area contributed by atoms with Gasteiger partial charge >= 0.3 is 0 Å². The number of halogens is 2. The van der Waals surface area contributed by atoms with Crippen LogP contribution in [0, 0.1) is 6.92 Å². The summed E-state index contributed by atoms with van der Waals surface area (Å²) in [6.45, 7) is 4.56. The Bertz CT molecular complexity index is 1120. The van der Waals surface area contributed by atoms with Crippen molar-refractivity contribution in [2.24, 2.45) is 5.10 Å². The van der Waals surface area contributed by atoms with Gasteiger partial charge in [0.2, 0.25) is 0 Å². The lowest BCUT2D eigenvalue weighted by Gasteiger charge is -2.24. The molecule has 0 spiro atoms. The summed E-state index contributed by atoms with van der Waals surface area (Å²) in [5.74, 6) is 0.995. The van der Waals surface area contributed by atoms with E-state index in [-0.39, 0.29) is 11.8 Å². The minimum absolute atomic E-state index is 0.115. The van der Waals surface area contributed by atoms with Gasteiger partial charge in [-0.2, -0.15) is 9.47 Å². The number of aryl methyl sites for hydroxylation is 1. The Balaban J connectivity index is 1.66. The number of hydrazone groups is 1. The van der Waals surface area contributed by atoms with Crippen LogP contribution in [0.25, 0.3) is 5.65 Å². The minimum Gasteiger partial charge on any atom is -0.326 e. The van der Waals surface area contributed by atoms with Gasteiger partial charge < -0.3 is 10.6 Å². The van der Waals surface area contributed by atoms with Gasteiger partial charge in [-0.1, -0.05) is 23.2 Å². The van der Waals surface area contributed by atoms with E-state index in [1.54, 1.807) is 0 Å². The van der Waals surface area contributed by atoms with Gasteiger partial charge in [0.1, 0.15) is 10.2 Å². The molecule has 5 heterocycles. The van der Waals surface area contributed by atoms with Crippen LogP contribution in [0.2, 0.25) is 10.2 Å². The van der Waals surface area contributed by atoms with Crippen molar-refractivity contribution in [2.75, 3.05) is 32.0 Å². The normalized spacial score (nSPS) is 21.7. The maximum atomic E-state index is 6.96. The summed E-state index contributed by atoms with van der Waals surface area (Å²) in [7, 11) is 1.96. The molecule has 2 atom stereocenters. The van der Waals surface area contributed by atoms with Gasteiger partial charge in [0, 0.05) is 32.3 Å². The number of piperidine rings is 1. The minimum atomic E-state index is 0.115. The molecule has 2 N–H and O–H groups in total. The molecule has 2 aliphatic rings. The summed E-state index contributed by atoms with van der Waals surface area (Å²) < 4.78 is 6.34.